The molecule has 21 heavy (non-hydrogen) atoms. The van der Waals surface area contributed by atoms with Gasteiger partial charge in [-0.3, -0.25) is 0 Å². The molecule has 0 radical (unpaired) electrons. The van der Waals surface area contributed by atoms with Crippen LogP contribution in [0, 0.1) is 12.3 Å². The number of nitrogens with one attached hydrogen (secondary N) is 1. The minimum Gasteiger partial charge on any atom is -0.369 e. The molecule has 0 amide bonds. The third-order valence-electron chi connectivity index (χ3n) is 3.24. The van der Waals surface area contributed by atoms with Gasteiger partial charge >= 0.3 is 0 Å². The first-order chi connectivity index (χ1) is 9.42. The van der Waals surface area contributed by atoms with E-state index >= 15 is 0 Å². The third-order valence-corrected chi connectivity index (χ3v) is 3.60. The highest BCUT2D eigenvalue weighted by molar-refractivity contribution is 6.30. The second kappa shape index (κ2) is 6.49. The zero-order valence-corrected chi connectivity index (χ0v) is 15.4. The fourth-order valence-corrected chi connectivity index (χ4v) is 2.40. The minimum absolute atomic E-state index is 0.118. The van der Waals surface area contributed by atoms with Gasteiger partial charge in [-0.2, -0.15) is 0 Å². The Kier molecular flexibility index (Phi) is 5.62. The summed E-state index contributed by atoms with van der Waals surface area (Å²) in [5, 5.41) is 3.98. The summed E-state index contributed by atoms with van der Waals surface area (Å²) in [6.07, 6.45) is 0. The van der Waals surface area contributed by atoms with E-state index in [1.165, 1.54) is 0 Å². The molecule has 0 spiro atoms. The van der Waals surface area contributed by atoms with Crippen LogP contribution < -0.4 is 5.32 Å². The number of rotatable bonds is 5. The Bertz CT molecular complexity index is 490. The predicted molar refractivity (Wildman–Crippen MR) is 91.3 cm³/mol. The molecule has 5 heteroatoms. The zero-order chi connectivity index (χ0) is 16.4. The van der Waals surface area contributed by atoms with Crippen LogP contribution in [0.3, 0.4) is 0 Å². The largest absolute Gasteiger partial charge is 0.369 e. The SMILES string of the molecule is Cc1c(Cl)nc(C(C)(C)C)nc1NCC(C)(C)CN(C)C. The fourth-order valence-electron chi connectivity index (χ4n) is 2.23. The molecule has 0 aliphatic rings. The lowest BCUT2D eigenvalue weighted by molar-refractivity contribution is 0.254. The van der Waals surface area contributed by atoms with E-state index in [0.717, 1.165) is 30.3 Å². The van der Waals surface area contributed by atoms with Gasteiger partial charge in [0.2, 0.25) is 0 Å². The number of nitrogens with zero attached hydrogens (tertiary/aromatic N) is 3. The van der Waals surface area contributed by atoms with Crippen molar-refractivity contribution in [3.8, 4) is 0 Å². The Morgan fingerprint density at radius 1 is 1.10 bits per heavy atom. The molecule has 1 N–H and O–H groups in total. The standard InChI is InChI=1S/C16H29ClN4/c1-11-12(17)19-14(15(2,3)4)20-13(11)18-9-16(5,6)10-21(7)8/h9-10H2,1-8H3,(H,18,19,20). The second-order valence-electron chi connectivity index (χ2n) is 7.82. The highest BCUT2D eigenvalue weighted by Gasteiger charge is 2.23. The highest BCUT2D eigenvalue weighted by atomic mass is 35.5. The van der Waals surface area contributed by atoms with Crippen LogP contribution in [0.15, 0.2) is 0 Å². The molecule has 1 rings (SSSR count). The van der Waals surface area contributed by atoms with Crippen LogP contribution >= 0.6 is 11.6 Å². The predicted octanol–water partition coefficient (Wildman–Crippen LogP) is 3.74. The topological polar surface area (TPSA) is 41.1 Å². The van der Waals surface area contributed by atoms with Crippen LogP contribution in [-0.2, 0) is 5.41 Å². The van der Waals surface area contributed by atoms with Crippen molar-refractivity contribution in [1.29, 1.82) is 0 Å². The van der Waals surface area contributed by atoms with Gasteiger partial charge < -0.3 is 10.2 Å². The van der Waals surface area contributed by atoms with Gasteiger partial charge in [-0.25, -0.2) is 9.97 Å². The second-order valence-corrected chi connectivity index (χ2v) is 8.18. The van der Waals surface area contributed by atoms with Crippen molar-refractivity contribution < 1.29 is 0 Å². The molecular weight excluding hydrogens is 284 g/mol. The van der Waals surface area contributed by atoms with Crippen molar-refractivity contribution >= 4 is 17.4 Å². The van der Waals surface area contributed by atoms with Crippen LogP contribution in [0.5, 0.6) is 0 Å². The summed E-state index contributed by atoms with van der Waals surface area (Å²) in [6.45, 7) is 14.5. The minimum atomic E-state index is -0.118. The normalized spacial score (nSPS) is 12.9. The molecule has 0 saturated carbocycles. The molecule has 0 fully saturated rings. The highest BCUT2D eigenvalue weighted by Crippen LogP contribution is 2.27. The number of anilines is 1. The molecule has 0 aromatic carbocycles. The van der Waals surface area contributed by atoms with Crippen LogP contribution in [0.2, 0.25) is 5.15 Å². The molecule has 0 bridgehead atoms. The van der Waals surface area contributed by atoms with Gasteiger partial charge in [0, 0.05) is 24.1 Å². The summed E-state index contributed by atoms with van der Waals surface area (Å²) in [5.41, 5.74) is 0.938. The van der Waals surface area contributed by atoms with Gasteiger partial charge in [0.25, 0.3) is 0 Å². The fraction of sp³-hybridized carbons (Fsp3) is 0.750. The van der Waals surface area contributed by atoms with Gasteiger partial charge in [-0.1, -0.05) is 46.2 Å². The quantitative estimate of drug-likeness (QED) is 0.841. The van der Waals surface area contributed by atoms with Crippen molar-refractivity contribution in [3.63, 3.8) is 0 Å². The van der Waals surface area contributed by atoms with E-state index in [0.29, 0.717) is 5.15 Å². The molecule has 1 aromatic heterocycles. The van der Waals surface area contributed by atoms with Gasteiger partial charge in [0.1, 0.15) is 16.8 Å². The van der Waals surface area contributed by atoms with Crippen LogP contribution in [0.1, 0.15) is 46.0 Å². The molecule has 120 valence electrons. The van der Waals surface area contributed by atoms with Crippen molar-refractivity contribution in [2.45, 2.75) is 47.0 Å². The van der Waals surface area contributed by atoms with E-state index in [1.807, 2.05) is 6.92 Å². The van der Waals surface area contributed by atoms with Gasteiger partial charge in [-0.15, -0.1) is 0 Å². The summed E-state index contributed by atoms with van der Waals surface area (Å²) in [4.78, 5) is 11.3. The molecule has 0 aliphatic heterocycles. The molecule has 0 saturated heterocycles. The average Bonchev–Trinajstić information content (AvgIpc) is 2.27. The Balaban J connectivity index is 2.96. The molecule has 0 unspecified atom stereocenters. The lowest BCUT2D eigenvalue weighted by atomic mass is 9.93. The molecule has 4 nitrogen and oxygen atoms in total. The summed E-state index contributed by atoms with van der Waals surface area (Å²) in [6, 6.07) is 0. The molecule has 1 heterocycles. The number of hydrogen-bond donors (Lipinski definition) is 1. The first-order valence-electron chi connectivity index (χ1n) is 7.35. The van der Waals surface area contributed by atoms with E-state index in [1.54, 1.807) is 0 Å². The number of aromatic nitrogens is 2. The summed E-state index contributed by atoms with van der Waals surface area (Å²) in [7, 11) is 4.18. The van der Waals surface area contributed by atoms with Crippen molar-refractivity contribution in [1.82, 2.24) is 14.9 Å². The van der Waals surface area contributed by atoms with Crippen LogP contribution in [0.4, 0.5) is 5.82 Å². The lowest BCUT2D eigenvalue weighted by Crippen LogP contribution is -2.34. The maximum atomic E-state index is 6.26. The van der Waals surface area contributed by atoms with E-state index in [2.05, 4.69) is 68.9 Å². The lowest BCUT2D eigenvalue weighted by Gasteiger charge is -2.29. The Morgan fingerprint density at radius 3 is 2.14 bits per heavy atom. The monoisotopic (exact) mass is 312 g/mol. The molecule has 1 aromatic rings. The van der Waals surface area contributed by atoms with E-state index < -0.39 is 0 Å². The van der Waals surface area contributed by atoms with Gasteiger partial charge in [0.05, 0.1) is 0 Å². The Labute approximate surface area is 134 Å². The molecular formula is C16H29ClN4. The number of halogens is 1. The average molecular weight is 313 g/mol. The van der Waals surface area contributed by atoms with Crippen LogP contribution in [-0.4, -0.2) is 42.1 Å². The van der Waals surface area contributed by atoms with E-state index in [9.17, 15) is 0 Å². The smallest absolute Gasteiger partial charge is 0.137 e. The molecule has 0 atom stereocenters. The van der Waals surface area contributed by atoms with Crippen LogP contribution in [0.25, 0.3) is 0 Å². The summed E-state index contributed by atoms with van der Waals surface area (Å²) < 4.78 is 0. The first kappa shape index (κ1) is 18.2. The summed E-state index contributed by atoms with van der Waals surface area (Å²) in [5.74, 6) is 1.61. The molecule has 0 aliphatic carbocycles. The Morgan fingerprint density at radius 2 is 1.67 bits per heavy atom. The maximum absolute atomic E-state index is 6.26. The van der Waals surface area contributed by atoms with Gasteiger partial charge in [0.15, 0.2) is 0 Å². The Hall–Kier alpha value is -0.870. The van der Waals surface area contributed by atoms with Crippen molar-refractivity contribution in [2.24, 2.45) is 5.41 Å². The first-order valence-corrected chi connectivity index (χ1v) is 7.73. The van der Waals surface area contributed by atoms with Crippen molar-refractivity contribution in [2.75, 3.05) is 32.5 Å². The zero-order valence-electron chi connectivity index (χ0n) is 14.6. The van der Waals surface area contributed by atoms with Gasteiger partial charge in [-0.05, 0) is 26.4 Å². The number of hydrogen-bond acceptors (Lipinski definition) is 4. The van der Waals surface area contributed by atoms with E-state index in [-0.39, 0.29) is 10.8 Å². The third kappa shape index (κ3) is 5.44. The van der Waals surface area contributed by atoms with Crippen molar-refractivity contribution in [3.05, 3.63) is 16.5 Å². The van der Waals surface area contributed by atoms with E-state index in [4.69, 9.17) is 11.6 Å². The maximum Gasteiger partial charge on any atom is 0.137 e. The summed E-state index contributed by atoms with van der Waals surface area (Å²) >= 11 is 6.26.